The van der Waals surface area contributed by atoms with Crippen LogP contribution in [0, 0.1) is 0 Å². The number of phenols is 1. The SMILES string of the molecule is COc1cc(CNc2ccc(C(F)(F)F)nn2)ccc1O. The van der Waals surface area contributed by atoms with Crippen molar-refractivity contribution in [1.29, 1.82) is 0 Å². The van der Waals surface area contributed by atoms with E-state index in [1.807, 2.05) is 0 Å². The highest BCUT2D eigenvalue weighted by atomic mass is 19.4. The van der Waals surface area contributed by atoms with Crippen molar-refractivity contribution in [2.24, 2.45) is 0 Å². The van der Waals surface area contributed by atoms with Gasteiger partial charge in [-0.2, -0.15) is 13.2 Å². The maximum atomic E-state index is 12.3. The van der Waals surface area contributed by atoms with Crippen LogP contribution >= 0.6 is 0 Å². The summed E-state index contributed by atoms with van der Waals surface area (Å²) in [5.74, 6) is 0.540. The monoisotopic (exact) mass is 299 g/mol. The summed E-state index contributed by atoms with van der Waals surface area (Å²) in [5.41, 5.74) is -0.272. The van der Waals surface area contributed by atoms with E-state index in [1.165, 1.54) is 19.2 Å². The summed E-state index contributed by atoms with van der Waals surface area (Å²) in [5, 5.41) is 18.9. The number of alkyl halides is 3. The molecule has 1 aromatic carbocycles. The lowest BCUT2D eigenvalue weighted by Gasteiger charge is -2.09. The standard InChI is InChI=1S/C13H12F3N3O2/c1-21-10-6-8(2-3-9(10)20)7-17-12-5-4-11(18-19-12)13(14,15)16/h2-6,20H,7H2,1H3,(H,17,19). The van der Waals surface area contributed by atoms with Crippen molar-refractivity contribution in [3.8, 4) is 11.5 Å². The predicted octanol–water partition coefficient (Wildman–Crippen LogP) is 2.82. The first-order chi connectivity index (χ1) is 9.90. The number of halogens is 3. The maximum absolute atomic E-state index is 12.3. The summed E-state index contributed by atoms with van der Waals surface area (Å²) in [6.07, 6.45) is -4.50. The number of hydrogen-bond donors (Lipinski definition) is 2. The van der Waals surface area contributed by atoms with Crippen LogP contribution in [-0.2, 0) is 12.7 Å². The molecule has 0 amide bonds. The summed E-state index contributed by atoms with van der Waals surface area (Å²) >= 11 is 0. The van der Waals surface area contributed by atoms with Crippen LogP contribution in [0.5, 0.6) is 11.5 Å². The Labute approximate surface area is 118 Å². The first kappa shape index (κ1) is 14.9. The van der Waals surface area contributed by atoms with Gasteiger partial charge in [-0.3, -0.25) is 0 Å². The van der Waals surface area contributed by atoms with Crippen LogP contribution in [0.15, 0.2) is 30.3 Å². The van der Waals surface area contributed by atoms with Crippen molar-refractivity contribution >= 4 is 5.82 Å². The Morgan fingerprint density at radius 2 is 1.95 bits per heavy atom. The number of aromatic nitrogens is 2. The molecule has 0 radical (unpaired) electrons. The van der Waals surface area contributed by atoms with Gasteiger partial charge in [0, 0.05) is 6.54 Å². The molecule has 0 bridgehead atoms. The van der Waals surface area contributed by atoms with Gasteiger partial charge in [-0.1, -0.05) is 6.07 Å². The molecule has 0 fully saturated rings. The molecule has 21 heavy (non-hydrogen) atoms. The Morgan fingerprint density at radius 1 is 1.19 bits per heavy atom. The maximum Gasteiger partial charge on any atom is 0.435 e. The van der Waals surface area contributed by atoms with Gasteiger partial charge >= 0.3 is 6.18 Å². The number of phenolic OH excluding ortho intramolecular Hbond substituents is 1. The summed E-state index contributed by atoms with van der Waals surface area (Å²) in [6.45, 7) is 0.302. The highest BCUT2D eigenvalue weighted by Crippen LogP contribution is 2.28. The van der Waals surface area contributed by atoms with Gasteiger partial charge in [-0.05, 0) is 29.8 Å². The molecule has 112 valence electrons. The lowest BCUT2D eigenvalue weighted by Crippen LogP contribution is -2.10. The summed E-state index contributed by atoms with van der Waals surface area (Å²) in [4.78, 5) is 0. The Balaban J connectivity index is 2.03. The smallest absolute Gasteiger partial charge is 0.435 e. The Bertz CT molecular complexity index is 615. The Morgan fingerprint density at radius 3 is 2.52 bits per heavy atom. The number of methoxy groups -OCH3 is 1. The van der Waals surface area contributed by atoms with Crippen molar-refractivity contribution in [1.82, 2.24) is 10.2 Å². The number of rotatable bonds is 4. The van der Waals surface area contributed by atoms with Crippen molar-refractivity contribution in [2.75, 3.05) is 12.4 Å². The zero-order chi connectivity index (χ0) is 15.5. The van der Waals surface area contributed by atoms with E-state index in [0.29, 0.717) is 12.3 Å². The number of hydrogen-bond acceptors (Lipinski definition) is 5. The Hall–Kier alpha value is -2.51. The largest absolute Gasteiger partial charge is 0.504 e. The lowest BCUT2D eigenvalue weighted by molar-refractivity contribution is -0.141. The van der Waals surface area contributed by atoms with E-state index in [9.17, 15) is 18.3 Å². The van der Waals surface area contributed by atoms with Crippen LogP contribution in [0.4, 0.5) is 19.0 Å². The lowest BCUT2D eigenvalue weighted by atomic mass is 10.2. The van der Waals surface area contributed by atoms with Crippen LogP contribution in [0.1, 0.15) is 11.3 Å². The minimum atomic E-state index is -4.50. The highest BCUT2D eigenvalue weighted by molar-refractivity contribution is 5.43. The van der Waals surface area contributed by atoms with Crippen LogP contribution in [0.25, 0.3) is 0 Å². The molecule has 2 N–H and O–H groups in total. The van der Waals surface area contributed by atoms with E-state index in [1.54, 1.807) is 12.1 Å². The fraction of sp³-hybridized carbons (Fsp3) is 0.231. The fourth-order valence-electron chi connectivity index (χ4n) is 1.60. The molecule has 0 atom stereocenters. The van der Waals surface area contributed by atoms with E-state index in [4.69, 9.17) is 4.74 Å². The van der Waals surface area contributed by atoms with E-state index < -0.39 is 11.9 Å². The Kier molecular flexibility index (Phi) is 4.15. The van der Waals surface area contributed by atoms with Crippen molar-refractivity contribution < 1.29 is 23.0 Å². The molecule has 0 unspecified atom stereocenters. The third-order valence-corrected chi connectivity index (χ3v) is 2.67. The van der Waals surface area contributed by atoms with Crippen LogP contribution < -0.4 is 10.1 Å². The van der Waals surface area contributed by atoms with E-state index in [0.717, 1.165) is 11.6 Å². The molecule has 2 rings (SSSR count). The second-order valence-electron chi connectivity index (χ2n) is 4.16. The molecule has 2 aromatic rings. The molecule has 0 saturated heterocycles. The second kappa shape index (κ2) is 5.86. The average molecular weight is 299 g/mol. The molecule has 1 aromatic heterocycles. The van der Waals surface area contributed by atoms with Crippen LogP contribution in [0.3, 0.4) is 0 Å². The average Bonchev–Trinajstić information content (AvgIpc) is 2.46. The van der Waals surface area contributed by atoms with Crippen LogP contribution in [0.2, 0.25) is 0 Å². The van der Waals surface area contributed by atoms with Gasteiger partial charge in [0.15, 0.2) is 17.2 Å². The van der Waals surface area contributed by atoms with E-state index >= 15 is 0 Å². The number of aromatic hydroxyl groups is 1. The van der Waals surface area contributed by atoms with E-state index in [2.05, 4.69) is 15.5 Å². The van der Waals surface area contributed by atoms with Crippen molar-refractivity contribution in [3.05, 3.63) is 41.6 Å². The van der Waals surface area contributed by atoms with Gasteiger partial charge in [0.2, 0.25) is 0 Å². The van der Waals surface area contributed by atoms with Crippen molar-refractivity contribution in [3.63, 3.8) is 0 Å². The predicted molar refractivity (Wildman–Crippen MR) is 69.0 cm³/mol. The van der Waals surface area contributed by atoms with Gasteiger partial charge in [0.25, 0.3) is 0 Å². The van der Waals surface area contributed by atoms with Crippen LogP contribution in [-0.4, -0.2) is 22.4 Å². The normalized spacial score (nSPS) is 11.2. The molecule has 0 aliphatic carbocycles. The summed E-state index contributed by atoms with van der Waals surface area (Å²) in [7, 11) is 1.42. The molecule has 0 spiro atoms. The number of nitrogens with one attached hydrogen (secondary N) is 1. The van der Waals surface area contributed by atoms with Crippen molar-refractivity contribution in [2.45, 2.75) is 12.7 Å². The zero-order valence-corrected chi connectivity index (χ0v) is 11.0. The number of benzene rings is 1. The number of nitrogens with zero attached hydrogens (tertiary/aromatic N) is 2. The van der Waals surface area contributed by atoms with Gasteiger partial charge in [-0.15, -0.1) is 10.2 Å². The van der Waals surface area contributed by atoms with Gasteiger partial charge in [0.05, 0.1) is 7.11 Å². The third kappa shape index (κ3) is 3.74. The molecule has 0 aliphatic heterocycles. The number of anilines is 1. The topological polar surface area (TPSA) is 67.3 Å². The van der Waals surface area contributed by atoms with Gasteiger partial charge < -0.3 is 15.2 Å². The fourth-order valence-corrected chi connectivity index (χ4v) is 1.60. The minimum absolute atomic E-state index is 0.00979. The quantitative estimate of drug-likeness (QED) is 0.908. The van der Waals surface area contributed by atoms with E-state index in [-0.39, 0.29) is 11.6 Å². The summed E-state index contributed by atoms with van der Waals surface area (Å²) in [6, 6.07) is 6.79. The van der Waals surface area contributed by atoms with Gasteiger partial charge in [0.1, 0.15) is 5.82 Å². The first-order valence-corrected chi connectivity index (χ1v) is 5.91. The molecule has 1 heterocycles. The molecular weight excluding hydrogens is 287 g/mol. The van der Waals surface area contributed by atoms with Gasteiger partial charge in [-0.25, -0.2) is 0 Å². The number of ether oxygens (including phenoxy) is 1. The molecule has 8 heteroatoms. The molecule has 0 aliphatic rings. The molecule has 0 saturated carbocycles. The minimum Gasteiger partial charge on any atom is -0.504 e. The second-order valence-corrected chi connectivity index (χ2v) is 4.16. The first-order valence-electron chi connectivity index (χ1n) is 5.91. The zero-order valence-electron chi connectivity index (χ0n) is 11.0. The third-order valence-electron chi connectivity index (χ3n) is 2.67. The highest BCUT2D eigenvalue weighted by Gasteiger charge is 2.32. The summed E-state index contributed by atoms with van der Waals surface area (Å²) < 4.78 is 42.0. The molecule has 5 nitrogen and oxygen atoms in total. The molecular formula is C13H12F3N3O2.